The normalized spacial score (nSPS) is 15.9. The van der Waals surface area contributed by atoms with Crippen molar-refractivity contribution in [3.05, 3.63) is 106 Å². The zero-order valence-electron chi connectivity index (χ0n) is 34.7. The third kappa shape index (κ3) is 13.6. The molecule has 0 unspecified atom stereocenters. The Labute approximate surface area is 355 Å². The summed E-state index contributed by atoms with van der Waals surface area (Å²) in [7, 11) is -5.17. The predicted molar refractivity (Wildman–Crippen MR) is 227 cm³/mol. The zero-order chi connectivity index (χ0) is 41.4. The first-order valence-corrected chi connectivity index (χ1v) is 21.5. The molecule has 58 heavy (non-hydrogen) atoms. The molecule has 0 radical (unpaired) electrons. The quantitative estimate of drug-likeness (QED) is 0.0640. The second-order valence-corrected chi connectivity index (χ2v) is 18.4. The van der Waals surface area contributed by atoms with Crippen LogP contribution >= 0.6 is 0 Å². The van der Waals surface area contributed by atoms with Crippen LogP contribution in [0.3, 0.4) is 0 Å². The van der Waals surface area contributed by atoms with Crippen LogP contribution in [0.25, 0.3) is 11.1 Å². The third-order valence-electron chi connectivity index (χ3n) is 11.0. The first kappa shape index (κ1) is 46.8. The van der Waals surface area contributed by atoms with E-state index in [0.29, 0.717) is 11.5 Å². The fourth-order valence-electron chi connectivity index (χ4n) is 7.67. The maximum absolute atomic E-state index is 11.6. The number of quaternary nitrogens is 2. The number of hydrogen-bond donors (Lipinski definition) is 4. The van der Waals surface area contributed by atoms with Crippen molar-refractivity contribution in [2.45, 2.75) is 104 Å². The first-order chi connectivity index (χ1) is 26.9. The standard InChI is InChI=1S/C46H58N4O2.Ni.H2O4S/c1-45(2,3)37-25-33(43(51)35(27-37)31-49-21-13-7-14-22-49)29-47-41-19-11-9-17-39(41)40-18-10-12-20-42(40)48-30-34-26-38(46(4,5)6)28-36(44(34)52)32-50-23-15-8-16-24-50;;1-5(2,3)4/h9-12,17-20,25-30,51-52H,7-8,13-16,21-24,31-32H2,1-6H3;;(H2,1,2,3,4). The van der Waals surface area contributed by atoms with Crippen molar-refractivity contribution in [3.63, 3.8) is 0 Å². The molecule has 0 atom stereocenters. The molecule has 4 aromatic carbocycles. The Balaban J connectivity index is 0.00000117. The Bertz CT molecular complexity index is 2020. The largest absolute Gasteiger partial charge is 0.759 e. The van der Waals surface area contributed by atoms with Crippen molar-refractivity contribution in [2.24, 2.45) is 9.98 Å². The van der Waals surface area contributed by atoms with Crippen LogP contribution in [-0.4, -0.2) is 66.3 Å². The Morgan fingerprint density at radius 1 is 0.603 bits per heavy atom. The number of nitrogens with one attached hydrogen (secondary N) is 2. The SMILES string of the molecule is CC(C)(C)c1cc(C=Nc2ccccc2-c2ccccc2N=Cc2cc(C(C)(C)C)cc(C[NH+]3CCCCC3)c2O)c(O)c(C[NH+]2CCCCC2)c1.O=S(=O)([O-])[O-].[Ni]. The van der Waals surface area contributed by atoms with Crippen LogP contribution in [0.1, 0.15) is 113 Å². The molecule has 2 fully saturated rings. The molecule has 2 aliphatic heterocycles. The second kappa shape index (κ2) is 20.4. The van der Waals surface area contributed by atoms with Gasteiger partial charge in [-0.15, -0.1) is 0 Å². The van der Waals surface area contributed by atoms with Crippen LogP contribution in [0.2, 0.25) is 0 Å². The Morgan fingerprint density at radius 3 is 1.26 bits per heavy atom. The predicted octanol–water partition coefficient (Wildman–Crippen LogP) is 6.66. The van der Waals surface area contributed by atoms with Crippen LogP contribution in [0.15, 0.2) is 82.8 Å². The van der Waals surface area contributed by atoms with Crippen molar-refractivity contribution in [3.8, 4) is 22.6 Å². The molecule has 0 amide bonds. The Kier molecular flexibility index (Phi) is 16.4. The second-order valence-electron chi connectivity index (χ2n) is 17.6. The fraction of sp³-hybridized carbons (Fsp3) is 0.435. The molecule has 0 bridgehead atoms. The minimum absolute atomic E-state index is 0. The van der Waals surface area contributed by atoms with Crippen molar-refractivity contribution < 1.29 is 54.0 Å². The van der Waals surface area contributed by atoms with E-state index >= 15 is 0 Å². The summed E-state index contributed by atoms with van der Waals surface area (Å²) >= 11 is 0. The van der Waals surface area contributed by atoms with Gasteiger partial charge in [-0.2, -0.15) is 0 Å². The van der Waals surface area contributed by atoms with E-state index in [4.69, 9.17) is 27.5 Å². The van der Waals surface area contributed by atoms with E-state index < -0.39 is 10.4 Å². The summed E-state index contributed by atoms with van der Waals surface area (Å²) < 4.78 is 34.1. The monoisotopic (exact) mass is 854 g/mol. The molecule has 10 nitrogen and oxygen atoms in total. The number of para-hydroxylation sites is 2. The minimum Gasteiger partial charge on any atom is -0.759 e. The number of phenolic OH excluding ortho intramolecular Hbond substituents is 2. The number of aliphatic imine (C=N–C) groups is 2. The molecule has 6 rings (SSSR count). The van der Waals surface area contributed by atoms with Gasteiger partial charge in [0.05, 0.1) is 37.6 Å². The van der Waals surface area contributed by atoms with Gasteiger partial charge in [0, 0.05) is 72.7 Å². The molecule has 316 valence electrons. The Morgan fingerprint density at radius 2 is 0.931 bits per heavy atom. The molecule has 4 aromatic rings. The molecule has 2 aliphatic rings. The number of phenols is 2. The maximum atomic E-state index is 11.6. The van der Waals surface area contributed by atoms with Gasteiger partial charge in [-0.05, 0) is 96.9 Å². The van der Waals surface area contributed by atoms with E-state index in [0.717, 1.165) is 84.0 Å². The first-order valence-electron chi connectivity index (χ1n) is 20.2. The van der Waals surface area contributed by atoms with Gasteiger partial charge in [0.2, 0.25) is 0 Å². The zero-order valence-corrected chi connectivity index (χ0v) is 36.5. The Hall–Kier alpha value is -3.90. The van der Waals surface area contributed by atoms with Crippen LogP contribution < -0.4 is 9.80 Å². The fourth-order valence-corrected chi connectivity index (χ4v) is 7.67. The van der Waals surface area contributed by atoms with E-state index in [1.807, 2.05) is 48.8 Å². The van der Waals surface area contributed by atoms with Crippen molar-refractivity contribution in [1.29, 1.82) is 0 Å². The van der Waals surface area contributed by atoms with Gasteiger partial charge in [-0.1, -0.05) is 77.9 Å². The summed E-state index contributed by atoms with van der Waals surface area (Å²) in [5, 5.41) is 23.1. The van der Waals surface area contributed by atoms with Gasteiger partial charge >= 0.3 is 0 Å². The van der Waals surface area contributed by atoms with E-state index in [2.05, 4.69) is 77.9 Å². The maximum Gasteiger partial charge on any atom is 0.133 e. The number of aromatic hydroxyl groups is 2. The number of hydrogen-bond acceptors (Lipinski definition) is 8. The van der Waals surface area contributed by atoms with Crippen LogP contribution in [0.4, 0.5) is 11.4 Å². The minimum atomic E-state index is -5.17. The smallest absolute Gasteiger partial charge is 0.133 e. The summed E-state index contributed by atoms with van der Waals surface area (Å²) in [5.41, 5.74) is 9.29. The molecule has 2 saturated heterocycles. The molecule has 12 heteroatoms. The molecule has 2 heterocycles. The number of rotatable bonds is 9. The van der Waals surface area contributed by atoms with Gasteiger partial charge in [-0.3, -0.25) is 18.4 Å². The molecular formula is C46H60N4NiO6S. The molecule has 0 saturated carbocycles. The summed E-state index contributed by atoms with van der Waals surface area (Å²) in [6.07, 6.45) is 11.2. The number of benzene rings is 4. The summed E-state index contributed by atoms with van der Waals surface area (Å²) in [4.78, 5) is 13.1. The number of likely N-dealkylation sites (tertiary alicyclic amines) is 2. The number of piperidine rings is 2. The van der Waals surface area contributed by atoms with E-state index in [1.165, 1.54) is 59.5 Å². The van der Waals surface area contributed by atoms with Crippen molar-refractivity contribution >= 4 is 34.2 Å². The van der Waals surface area contributed by atoms with Gasteiger partial charge in [0.15, 0.2) is 0 Å². The van der Waals surface area contributed by atoms with Gasteiger partial charge < -0.3 is 29.1 Å². The average Bonchev–Trinajstić information content (AvgIpc) is 3.15. The van der Waals surface area contributed by atoms with Crippen LogP contribution in [-0.2, 0) is 50.8 Å². The van der Waals surface area contributed by atoms with Crippen LogP contribution in [0.5, 0.6) is 11.5 Å². The topological polar surface area (TPSA) is 154 Å². The molecular weight excluding hydrogens is 795 g/mol. The van der Waals surface area contributed by atoms with Crippen molar-refractivity contribution in [1.82, 2.24) is 0 Å². The number of nitrogens with zero attached hydrogens (tertiary/aromatic N) is 2. The average molecular weight is 856 g/mol. The van der Waals surface area contributed by atoms with Gasteiger partial charge in [0.1, 0.15) is 24.6 Å². The molecule has 0 spiro atoms. The summed E-state index contributed by atoms with van der Waals surface area (Å²) in [5.74, 6) is 0.659. The van der Waals surface area contributed by atoms with E-state index in [9.17, 15) is 10.2 Å². The summed E-state index contributed by atoms with van der Waals surface area (Å²) in [6.45, 7) is 19.6. The van der Waals surface area contributed by atoms with Crippen molar-refractivity contribution in [2.75, 3.05) is 26.2 Å². The van der Waals surface area contributed by atoms with Gasteiger partial charge in [-0.25, -0.2) is 0 Å². The van der Waals surface area contributed by atoms with E-state index in [1.54, 1.807) is 0 Å². The molecule has 4 N–H and O–H groups in total. The third-order valence-corrected chi connectivity index (χ3v) is 11.0. The molecule has 0 aliphatic carbocycles. The van der Waals surface area contributed by atoms with Crippen LogP contribution in [0, 0.1) is 0 Å². The van der Waals surface area contributed by atoms with E-state index in [-0.39, 0.29) is 27.3 Å². The summed E-state index contributed by atoms with van der Waals surface area (Å²) in [6, 6.07) is 24.8. The molecule has 0 aromatic heterocycles. The van der Waals surface area contributed by atoms with Gasteiger partial charge in [0.25, 0.3) is 0 Å².